The fourth-order valence-corrected chi connectivity index (χ4v) is 8.32. The van der Waals surface area contributed by atoms with Crippen molar-refractivity contribution in [1.82, 2.24) is 0 Å². The molecule has 0 saturated carbocycles. The van der Waals surface area contributed by atoms with Crippen LogP contribution in [0.2, 0.25) is 0 Å². The average Bonchev–Trinajstić information content (AvgIpc) is 3.62. The molecule has 1 heterocycles. The lowest BCUT2D eigenvalue weighted by Crippen LogP contribution is -1.96. The zero-order chi connectivity index (χ0) is 39.3. The van der Waals surface area contributed by atoms with Gasteiger partial charge in [-0.3, -0.25) is 0 Å². The molecule has 8 N–H and O–H groups in total. The standard InChI is InChI=1S/C48H30O9/c49-41-37-34(27-18-19-28(23-10-3-1-4-11-23)30(21-27)24-12-5-2-6-13-24)38-40(44(52)48(56)46(54)42(38)50)36(39(37)43(51)47(55)45(41)53)29-16-9-17-32-35(29)31-20-25-14-7-8-15-26(25)22-33(31)57-32/h1-22,49-56H. The Morgan fingerprint density at radius 1 is 0.298 bits per heavy atom. The summed E-state index contributed by atoms with van der Waals surface area (Å²) in [6.45, 7) is 0. The highest BCUT2D eigenvalue weighted by Crippen LogP contribution is 2.62. The van der Waals surface area contributed by atoms with Crippen molar-refractivity contribution >= 4 is 54.3 Å². The molecular weight excluding hydrogens is 721 g/mol. The average molecular weight is 751 g/mol. The summed E-state index contributed by atoms with van der Waals surface area (Å²) in [4.78, 5) is 0. The van der Waals surface area contributed by atoms with Crippen LogP contribution >= 0.6 is 0 Å². The van der Waals surface area contributed by atoms with Crippen LogP contribution in [-0.4, -0.2) is 40.9 Å². The maximum absolute atomic E-state index is 11.9. The Bertz CT molecular complexity index is 3230. The Morgan fingerprint density at radius 2 is 0.789 bits per heavy atom. The summed E-state index contributed by atoms with van der Waals surface area (Å²) in [6, 6.07) is 41.1. The normalized spacial score (nSPS) is 11.7. The summed E-state index contributed by atoms with van der Waals surface area (Å²) in [5.41, 5.74) is 4.72. The van der Waals surface area contributed by atoms with Gasteiger partial charge in [0.1, 0.15) is 11.2 Å². The molecule has 0 spiro atoms. The predicted molar refractivity (Wildman–Crippen MR) is 221 cm³/mol. The van der Waals surface area contributed by atoms with Gasteiger partial charge in [-0.2, -0.15) is 0 Å². The fraction of sp³-hybridized carbons (Fsp3) is 0. The third kappa shape index (κ3) is 4.76. The van der Waals surface area contributed by atoms with Gasteiger partial charge < -0.3 is 45.3 Å². The molecule has 9 heteroatoms. The van der Waals surface area contributed by atoms with E-state index in [1.807, 2.05) is 103 Å². The third-order valence-electron chi connectivity index (χ3n) is 10.9. The van der Waals surface area contributed by atoms with E-state index >= 15 is 0 Å². The van der Waals surface area contributed by atoms with Gasteiger partial charge in [0.2, 0.25) is 23.0 Å². The third-order valence-corrected chi connectivity index (χ3v) is 10.9. The van der Waals surface area contributed by atoms with Crippen LogP contribution in [0.25, 0.3) is 98.8 Å². The summed E-state index contributed by atoms with van der Waals surface area (Å²) in [7, 11) is 0. The molecule has 10 aromatic rings. The fourth-order valence-electron chi connectivity index (χ4n) is 8.32. The number of hydrogen-bond acceptors (Lipinski definition) is 9. The van der Waals surface area contributed by atoms with Gasteiger partial charge in [-0.1, -0.05) is 109 Å². The second-order valence-electron chi connectivity index (χ2n) is 14.0. The molecule has 0 saturated heterocycles. The number of phenols is 8. The maximum Gasteiger partial charge on any atom is 0.204 e. The Labute approximate surface area is 322 Å². The highest BCUT2D eigenvalue weighted by Gasteiger charge is 2.33. The molecule has 0 atom stereocenters. The van der Waals surface area contributed by atoms with Crippen LogP contribution in [0.4, 0.5) is 0 Å². The molecule has 9 nitrogen and oxygen atoms in total. The Balaban J connectivity index is 1.43. The van der Waals surface area contributed by atoms with Gasteiger partial charge >= 0.3 is 0 Å². The van der Waals surface area contributed by atoms with E-state index in [9.17, 15) is 40.9 Å². The van der Waals surface area contributed by atoms with Crippen molar-refractivity contribution in [2.45, 2.75) is 0 Å². The summed E-state index contributed by atoms with van der Waals surface area (Å²) in [5.74, 6) is -7.59. The number of benzene rings is 9. The summed E-state index contributed by atoms with van der Waals surface area (Å²) in [6.07, 6.45) is 0. The van der Waals surface area contributed by atoms with Crippen LogP contribution in [0, 0.1) is 0 Å². The molecule has 0 unspecified atom stereocenters. The topological polar surface area (TPSA) is 175 Å². The number of furan rings is 1. The van der Waals surface area contributed by atoms with Crippen molar-refractivity contribution in [2.24, 2.45) is 0 Å². The van der Waals surface area contributed by atoms with Crippen LogP contribution in [0.5, 0.6) is 46.0 Å². The van der Waals surface area contributed by atoms with Crippen LogP contribution < -0.4 is 0 Å². The molecule has 0 radical (unpaired) electrons. The van der Waals surface area contributed by atoms with E-state index in [0.29, 0.717) is 33.1 Å². The van der Waals surface area contributed by atoms with Gasteiger partial charge in [-0.05, 0) is 68.4 Å². The van der Waals surface area contributed by atoms with Crippen molar-refractivity contribution < 1.29 is 45.3 Å². The Kier molecular flexibility index (Phi) is 7.20. The van der Waals surface area contributed by atoms with Gasteiger partial charge in [0.15, 0.2) is 23.0 Å². The van der Waals surface area contributed by atoms with Gasteiger partial charge in [0.05, 0.1) is 0 Å². The highest BCUT2D eigenvalue weighted by atomic mass is 16.4. The second kappa shape index (κ2) is 12.2. The van der Waals surface area contributed by atoms with E-state index in [-0.39, 0.29) is 32.7 Å². The minimum Gasteiger partial charge on any atom is -0.504 e. The summed E-state index contributed by atoms with van der Waals surface area (Å²) in [5, 5.41) is 94.3. The molecule has 0 aliphatic heterocycles. The van der Waals surface area contributed by atoms with Crippen molar-refractivity contribution in [3.05, 3.63) is 133 Å². The minimum atomic E-state index is -1.04. The van der Waals surface area contributed by atoms with E-state index < -0.39 is 46.0 Å². The first-order chi connectivity index (χ1) is 27.6. The van der Waals surface area contributed by atoms with E-state index in [1.165, 1.54) is 0 Å². The number of fused-ring (bicyclic) bond motifs is 6. The Hall–Kier alpha value is -8.04. The van der Waals surface area contributed by atoms with Crippen molar-refractivity contribution in [1.29, 1.82) is 0 Å². The van der Waals surface area contributed by atoms with Crippen molar-refractivity contribution in [3.8, 4) is 90.5 Å². The molecule has 57 heavy (non-hydrogen) atoms. The molecule has 9 aromatic carbocycles. The lowest BCUT2D eigenvalue weighted by atomic mass is 9.81. The summed E-state index contributed by atoms with van der Waals surface area (Å²) >= 11 is 0. The monoisotopic (exact) mass is 750 g/mol. The lowest BCUT2D eigenvalue weighted by Gasteiger charge is -2.23. The van der Waals surface area contributed by atoms with Gasteiger partial charge in [-0.15, -0.1) is 0 Å². The highest BCUT2D eigenvalue weighted by molar-refractivity contribution is 6.31. The van der Waals surface area contributed by atoms with Crippen molar-refractivity contribution in [2.75, 3.05) is 0 Å². The zero-order valence-corrected chi connectivity index (χ0v) is 29.7. The number of aromatic hydroxyl groups is 8. The van der Waals surface area contributed by atoms with Gasteiger partial charge in [-0.25, -0.2) is 0 Å². The Morgan fingerprint density at radius 3 is 1.35 bits per heavy atom. The number of phenolic OH excluding ortho intramolecular Hbond substituents is 8. The van der Waals surface area contributed by atoms with E-state index in [0.717, 1.165) is 33.0 Å². The van der Waals surface area contributed by atoms with Gasteiger partial charge in [0.25, 0.3) is 0 Å². The van der Waals surface area contributed by atoms with Crippen LogP contribution in [0.15, 0.2) is 138 Å². The molecular formula is C48H30O9. The number of hydrogen-bond donors (Lipinski definition) is 8. The minimum absolute atomic E-state index is 0.0398. The van der Waals surface area contributed by atoms with E-state index in [2.05, 4.69) is 0 Å². The first-order valence-electron chi connectivity index (χ1n) is 18.0. The first-order valence-corrected chi connectivity index (χ1v) is 18.0. The molecule has 0 aliphatic carbocycles. The first kappa shape index (κ1) is 33.5. The lowest BCUT2D eigenvalue weighted by molar-refractivity contribution is 0.350. The van der Waals surface area contributed by atoms with Crippen molar-refractivity contribution in [3.63, 3.8) is 0 Å². The van der Waals surface area contributed by atoms with E-state index in [4.69, 9.17) is 4.42 Å². The quantitative estimate of drug-likeness (QED) is 0.0494. The SMILES string of the molecule is Oc1c(O)c(O)c2c(-c3cccc4oc5cc6ccccc6cc5c34)c3c(O)c(O)c(O)c(O)c3c(-c3ccc(-c4ccccc4)c(-c4ccccc4)c3)c2c1O. The van der Waals surface area contributed by atoms with Gasteiger partial charge in [0, 0.05) is 43.4 Å². The molecule has 0 aliphatic rings. The molecule has 0 fully saturated rings. The number of rotatable bonds is 4. The summed E-state index contributed by atoms with van der Waals surface area (Å²) < 4.78 is 6.33. The predicted octanol–water partition coefficient (Wildman–Crippen LogP) is 11.4. The smallest absolute Gasteiger partial charge is 0.204 e. The largest absolute Gasteiger partial charge is 0.504 e. The molecule has 0 amide bonds. The molecule has 10 rings (SSSR count). The molecule has 1 aromatic heterocycles. The maximum atomic E-state index is 11.9. The van der Waals surface area contributed by atoms with E-state index in [1.54, 1.807) is 30.3 Å². The van der Waals surface area contributed by atoms with Crippen LogP contribution in [0.1, 0.15) is 0 Å². The second-order valence-corrected chi connectivity index (χ2v) is 14.0. The zero-order valence-electron chi connectivity index (χ0n) is 29.7. The van der Waals surface area contributed by atoms with Crippen LogP contribution in [-0.2, 0) is 0 Å². The molecule has 0 bridgehead atoms. The molecule has 276 valence electrons. The van der Waals surface area contributed by atoms with Crippen LogP contribution in [0.3, 0.4) is 0 Å².